The molecule has 8 heteroatoms. The van der Waals surface area contributed by atoms with E-state index in [-0.39, 0.29) is 17.4 Å². The van der Waals surface area contributed by atoms with Crippen LogP contribution in [0.4, 0.5) is 14.5 Å². The van der Waals surface area contributed by atoms with Gasteiger partial charge in [-0.05, 0) is 55.7 Å². The fourth-order valence-electron chi connectivity index (χ4n) is 3.11. The lowest BCUT2D eigenvalue weighted by molar-refractivity contribution is 0.340. The van der Waals surface area contributed by atoms with Gasteiger partial charge < -0.3 is 9.64 Å². The van der Waals surface area contributed by atoms with E-state index in [2.05, 4.69) is 4.72 Å². The average Bonchev–Trinajstić information content (AvgIpc) is 3.12. The van der Waals surface area contributed by atoms with E-state index in [0.29, 0.717) is 31.1 Å². The number of rotatable bonds is 7. The number of nitrogens with zero attached hydrogens (tertiary/aromatic N) is 1. The zero-order chi connectivity index (χ0) is 19.4. The van der Waals surface area contributed by atoms with Crippen LogP contribution >= 0.6 is 0 Å². The third-order valence-corrected chi connectivity index (χ3v) is 6.00. The van der Waals surface area contributed by atoms with Crippen LogP contribution in [0.3, 0.4) is 0 Å². The zero-order valence-electron chi connectivity index (χ0n) is 15.0. The second kappa shape index (κ2) is 8.22. The molecule has 146 valence electrons. The molecule has 0 spiro atoms. The Balaban J connectivity index is 1.57. The maximum absolute atomic E-state index is 13.4. The predicted molar refractivity (Wildman–Crippen MR) is 99.5 cm³/mol. The Kier molecular flexibility index (Phi) is 5.96. The Morgan fingerprint density at radius 2 is 1.89 bits per heavy atom. The van der Waals surface area contributed by atoms with E-state index in [4.69, 9.17) is 4.74 Å². The number of ether oxygens (including phenoxy) is 1. The predicted octanol–water partition coefficient (Wildman–Crippen LogP) is 3.17. The molecule has 0 amide bonds. The number of sulfonamides is 1. The first kappa shape index (κ1) is 19.6. The zero-order valence-corrected chi connectivity index (χ0v) is 15.8. The molecule has 1 saturated heterocycles. The highest BCUT2D eigenvalue weighted by molar-refractivity contribution is 7.89. The lowest BCUT2D eigenvalue weighted by Gasteiger charge is -2.19. The van der Waals surface area contributed by atoms with Crippen molar-refractivity contribution in [3.63, 3.8) is 0 Å². The van der Waals surface area contributed by atoms with Crippen LogP contribution in [0, 0.1) is 17.6 Å². The first-order chi connectivity index (χ1) is 12.9. The molecule has 1 N–H and O–H groups in total. The summed E-state index contributed by atoms with van der Waals surface area (Å²) in [6.07, 6.45) is 0.769. The standard InChI is InChI=1S/C19H22F2N2O3S/c1-2-26-16-4-6-17(7-5-16)27(24,25)22-12-14-9-10-23(13-14)15-3-8-18(20)19(21)11-15/h3-8,11,14,22H,2,9-10,12-13H2,1H3. The maximum atomic E-state index is 13.4. The van der Waals surface area contributed by atoms with Crippen LogP contribution in [0.5, 0.6) is 5.75 Å². The summed E-state index contributed by atoms with van der Waals surface area (Å²) in [6, 6.07) is 10.1. The molecule has 0 aromatic heterocycles. The molecular formula is C19H22F2N2O3S. The third kappa shape index (κ3) is 4.75. The second-order valence-electron chi connectivity index (χ2n) is 6.46. The SMILES string of the molecule is CCOc1ccc(S(=O)(=O)NCC2CCN(c3ccc(F)c(F)c3)C2)cc1. The molecule has 1 unspecified atom stereocenters. The van der Waals surface area contributed by atoms with Gasteiger partial charge in [0.1, 0.15) is 5.75 Å². The fourth-order valence-corrected chi connectivity index (χ4v) is 4.22. The third-order valence-electron chi connectivity index (χ3n) is 4.56. The van der Waals surface area contributed by atoms with Crippen LogP contribution in [-0.2, 0) is 10.0 Å². The van der Waals surface area contributed by atoms with Crippen molar-refractivity contribution in [1.29, 1.82) is 0 Å². The Labute approximate surface area is 158 Å². The van der Waals surface area contributed by atoms with Gasteiger partial charge in [0.05, 0.1) is 11.5 Å². The number of halogens is 2. The lowest BCUT2D eigenvalue weighted by atomic mass is 10.1. The summed E-state index contributed by atoms with van der Waals surface area (Å²) in [6.45, 7) is 3.91. The molecule has 1 atom stereocenters. The van der Waals surface area contributed by atoms with Gasteiger partial charge in [0.25, 0.3) is 0 Å². The number of nitrogens with one attached hydrogen (secondary N) is 1. The normalized spacial score (nSPS) is 17.3. The number of benzene rings is 2. The van der Waals surface area contributed by atoms with Crippen LogP contribution in [-0.4, -0.2) is 34.7 Å². The molecule has 2 aromatic carbocycles. The van der Waals surface area contributed by atoms with Crippen LogP contribution in [0.15, 0.2) is 47.4 Å². The molecule has 1 heterocycles. The molecule has 0 saturated carbocycles. The second-order valence-corrected chi connectivity index (χ2v) is 8.22. The highest BCUT2D eigenvalue weighted by atomic mass is 32.2. The number of hydrogen-bond acceptors (Lipinski definition) is 4. The lowest BCUT2D eigenvalue weighted by Crippen LogP contribution is -2.31. The van der Waals surface area contributed by atoms with E-state index in [1.54, 1.807) is 12.1 Å². The molecule has 3 rings (SSSR count). The minimum atomic E-state index is -3.61. The Morgan fingerprint density at radius 1 is 1.15 bits per heavy atom. The van der Waals surface area contributed by atoms with Crippen LogP contribution in [0.25, 0.3) is 0 Å². The van der Waals surface area contributed by atoms with Crippen molar-refractivity contribution in [3.8, 4) is 5.75 Å². The van der Waals surface area contributed by atoms with Gasteiger partial charge in [0.2, 0.25) is 10.0 Å². The molecule has 1 fully saturated rings. The molecule has 0 aliphatic carbocycles. The molecule has 27 heavy (non-hydrogen) atoms. The van der Waals surface area contributed by atoms with Crippen molar-refractivity contribution in [2.45, 2.75) is 18.2 Å². The molecule has 1 aliphatic heterocycles. The summed E-state index contributed by atoms with van der Waals surface area (Å²) in [5.41, 5.74) is 0.603. The summed E-state index contributed by atoms with van der Waals surface area (Å²) >= 11 is 0. The largest absolute Gasteiger partial charge is 0.494 e. The van der Waals surface area contributed by atoms with Crippen LogP contribution in [0.1, 0.15) is 13.3 Å². The van der Waals surface area contributed by atoms with E-state index in [0.717, 1.165) is 12.5 Å². The molecular weight excluding hydrogens is 374 g/mol. The van der Waals surface area contributed by atoms with Gasteiger partial charge in [-0.3, -0.25) is 0 Å². The summed E-state index contributed by atoms with van der Waals surface area (Å²) in [5.74, 6) is -1.05. The number of hydrogen-bond donors (Lipinski definition) is 1. The van der Waals surface area contributed by atoms with Gasteiger partial charge >= 0.3 is 0 Å². The summed E-state index contributed by atoms with van der Waals surface area (Å²) in [7, 11) is -3.61. The maximum Gasteiger partial charge on any atom is 0.240 e. The minimum absolute atomic E-state index is 0.0931. The summed E-state index contributed by atoms with van der Waals surface area (Å²) in [5, 5.41) is 0. The summed E-state index contributed by atoms with van der Waals surface area (Å²) in [4.78, 5) is 2.11. The van der Waals surface area contributed by atoms with E-state index >= 15 is 0 Å². The van der Waals surface area contributed by atoms with Crippen LogP contribution in [0.2, 0.25) is 0 Å². The van der Waals surface area contributed by atoms with Crippen molar-refractivity contribution >= 4 is 15.7 Å². The highest BCUT2D eigenvalue weighted by Crippen LogP contribution is 2.25. The van der Waals surface area contributed by atoms with Crippen molar-refractivity contribution in [1.82, 2.24) is 4.72 Å². The fraction of sp³-hybridized carbons (Fsp3) is 0.368. The van der Waals surface area contributed by atoms with E-state index < -0.39 is 21.7 Å². The first-order valence-corrected chi connectivity index (χ1v) is 10.3. The molecule has 2 aromatic rings. The monoisotopic (exact) mass is 396 g/mol. The topological polar surface area (TPSA) is 58.6 Å². The van der Waals surface area contributed by atoms with E-state index in [9.17, 15) is 17.2 Å². The molecule has 5 nitrogen and oxygen atoms in total. The highest BCUT2D eigenvalue weighted by Gasteiger charge is 2.25. The Hall–Kier alpha value is -2.19. The van der Waals surface area contributed by atoms with Gasteiger partial charge in [-0.1, -0.05) is 0 Å². The Morgan fingerprint density at radius 3 is 2.56 bits per heavy atom. The smallest absolute Gasteiger partial charge is 0.240 e. The van der Waals surface area contributed by atoms with Gasteiger partial charge in [-0.15, -0.1) is 0 Å². The minimum Gasteiger partial charge on any atom is -0.494 e. The van der Waals surface area contributed by atoms with Gasteiger partial charge in [-0.2, -0.15) is 0 Å². The molecule has 0 bridgehead atoms. The van der Waals surface area contributed by atoms with Crippen molar-refractivity contribution < 1.29 is 21.9 Å². The van der Waals surface area contributed by atoms with Gasteiger partial charge in [0, 0.05) is 31.4 Å². The van der Waals surface area contributed by atoms with Crippen molar-refractivity contribution in [2.24, 2.45) is 5.92 Å². The van der Waals surface area contributed by atoms with Gasteiger partial charge in [0.15, 0.2) is 11.6 Å². The summed E-state index contributed by atoms with van der Waals surface area (Å²) < 4.78 is 59.3. The molecule has 1 aliphatic rings. The van der Waals surface area contributed by atoms with Crippen molar-refractivity contribution in [2.75, 3.05) is 31.1 Å². The quantitative estimate of drug-likeness (QED) is 0.781. The number of anilines is 1. The van der Waals surface area contributed by atoms with E-state index in [1.165, 1.54) is 24.3 Å². The van der Waals surface area contributed by atoms with Crippen LogP contribution < -0.4 is 14.4 Å². The van der Waals surface area contributed by atoms with Gasteiger partial charge in [-0.25, -0.2) is 21.9 Å². The first-order valence-electron chi connectivity index (χ1n) is 8.81. The molecule has 0 radical (unpaired) electrons. The Bertz CT molecular complexity index is 888. The van der Waals surface area contributed by atoms with E-state index in [1.807, 2.05) is 11.8 Å². The average molecular weight is 396 g/mol. The van der Waals surface area contributed by atoms with Crippen molar-refractivity contribution in [3.05, 3.63) is 54.1 Å².